The Morgan fingerprint density at radius 2 is 1.55 bits per heavy atom. The highest BCUT2D eigenvalue weighted by molar-refractivity contribution is 6.10. The van der Waals surface area contributed by atoms with Crippen molar-refractivity contribution < 1.29 is 9.18 Å². The third-order valence-electron chi connectivity index (χ3n) is 7.66. The second-order valence-electron chi connectivity index (χ2n) is 10.1. The van der Waals surface area contributed by atoms with Gasteiger partial charge in [-0.25, -0.2) is 9.07 Å². The van der Waals surface area contributed by atoms with Crippen LogP contribution >= 0.6 is 0 Å². The molecular weight excluding hydrogens is 503 g/mol. The molecule has 0 spiro atoms. The number of halogens is 1. The zero-order chi connectivity index (χ0) is 27.4. The number of anilines is 1. The molecule has 2 N–H and O–H groups in total. The molecule has 0 bridgehead atoms. The van der Waals surface area contributed by atoms with Gasteiger partial charge in [-0.3, -0.25) is 14.7 Å². The summed E-state index contributed by atoms with van der Waals surface area (Å²) in [6, 6.07) is 31.4. The van der Waals surface area contributed by atoms with Crippen LogP contribution in [0.1, 0.15) is 28.3 Å². The summed E-state index contributed by atoms with van der Waals surface area (Å²) in [5.41, 5.74) is 5.92. The molecule has 196 valence electrons. The van der Waals surface area contributed by atoms with E-state index in [0.717, 1.165) is 16.8 Å². The smallest absolute Gasteiger partial charge is 0.280 e. The van der Waals surface area contributed by atoms with Gasteiger partial charge in [-0.2, -0.15) is 0 Å². The Hall–Kier alpha value is -5.17. The number of aromatic nitrogens is 3. The molecule has 4 aromatic carbocycles. The number of nitrogens with zero attached hydrogens (tertiary/aromatic N) is 2. The first-order valence-corrected chi connectivity index (χ1v) is 13.1. The number of aryl methyl sites for hydroxylation is 1. The summed E-state index contributed by atoms with van der Waals surface area (Å²) in [6.45, 7) is 2.25. The molecule has 6 nitrogen and oxygen atoms in total. The standard InChI is InChI=1S/C33H25FN4O2/c1-20-28(33(40)38(36-20)23-12-6-3-7-13-23)31-29(24-17-16-22(34)18-26(24)35-31)30-25-14-8-9-15-27(25)37(32(30)39)19-21-10-4-2-5-11-21/h2-18,30,35-36H,19H2,1H3. The molecule has 6 aromatic rings. The van der Waals surface area contributed by atoms with E-state index in [4.69, 9.17) is 0 Å². The molecule has 1 aliphatic heterocycles. The number of benzene rings is 4. The predicted octanol–water partition coefficient (Wildman–Crippen LogP) is 6.44. The molecule has 0 aliphatic carbocycles. The van der Waals surface area contributed by atoms with Gasteiger partial charge < -0.3 is 9.88 Å². The fourth-order valence-electron chi connectivity index (χ4n) is 5.88. The van der Waals surface area contributed by atoms with Crippen molar-refractivity contribution in [2.24, 2.45) is 0 Å². The number of nitrogens with one attached hydrogen (secondary N) is 2. The molecule has 1 atom stereocenters. The normalized spacial score (nSPS) is 14.7. The van der Waals surface area contributed by atoms with Gasteiger partial charge in [0.15, 0.2) is 0 Å². The Morgan fingerprint density at radius 1 is 0.850 bits per heavy atom. The van der Waals surface area contributed by atoms with Gasteiger partial charge in [0.2, 0.25) is 5.91 Å². The number of hydrogen-bond donors (Lipinski definition) is 2. The largest absolute Gasteiger partial charge is 0.354 e. The Labute approximate surface area is 229 Å². The van der Waals surface area contributed by atoms with E-state index in [1.54, 1.807) is 11.0 Å². The molecule has 1 unspecified atom stereocenters. The lowest BCUT2D eigenvalue weighted by molar-refractivity contribution is -0.118. The number of rotatable bonds is 5. The molecule has 40 heavy (non-hydrogen) atoms. The van der Waals surface area contributed by atoms with Crippen LogP contribution in [-0.2, 0) is 11.3 Å². The second kappa shape index (κ2) is 9.24. The van der Waals surface area contributed by atoms with E-state index in [9.17, 15) is 14.0 Å². The minimum Gasteiger partial charge on any atom is -0.354 e. The maximum atomic E-state index is 14.4. The van der Waals surface area contributed by atoms with Crippen LogP contribution in [0.2, 0.25) is 0 Å². The third kappa shape index (κ3) is 3.70. The predicted molar refractivity (Wildman–Crippen MR) is 154 cm³/mol. The van der Waals surface area contributed by atoms with Gasteiger partial charge in [-0.15, -0.1) is 0 Å². The monoisotopic (exact) mass is 528 g/mol. The number of aromatic amines is 2. The number of fused-ring (bicyclic) bond motifs is 2. The lowest BCUT2D eigenvalue weighted by atomic mass is 9.88. The van der Waals surface area contributed by atoms with E-state index in [0.29, 0.717) is 45.6 Å². The minimum absolute atomic E-state index is 0.0897. The topological polar surface area (TPSA) is 73.9 Å². The van der Waals surface area contributed by atoms with Gasteiger partial charge in [0.1, 0.15) is 5.82 Å². The van der Waals surface area contributed by atoms with Gasteiger partial charge in [0.05, 0.1) is 29.4 Å². The number of carbonyl (C=O) groups excluding carboxylic acids is 1. The highest BCUT2D eigenvalue weighted by Gasteiger charge is 2.41. The van der Waals surface area contributed by atoms with Gasteiger partial charge in [-0.05, 0) is 54.4 Å². The van der Waals surface area contributed by atoms with Crippen molar-refractivity contribution in [1.82, 2.24) is 14.8 Å². The van der Waals surface area contributed by atoms with E-state index in [2.05, 4.69) is 10.1 Å². The Kier molecular flexibility index (Phi) is 5.52. The van der Waals surface area contributed by atoms with Crippen LogP contribution in [0.15, 0.2) is 108 Å². The molecule has 7 heteroatoms. The summed E-state index contributed by atoms with van der Waals surface area (Å²) >= 11 is 0. The van der Waals surface area contributed by atoms with Gasteiger partial charge >= 0.3 is 0 Å². The first-order chi connectivity index (χ1) is 19.5. The van der Waals surface area contributed by atoms with E-state index < -0.39 is 11.7 Å². The van der Waals surface area contributed by atoms with Crippen LogP contribution in [0, 0.1) is 12.7 Å². The average Bonchev–Trinajstić information content (AvgIpc) is 3.57. The van der Waals surface area contributed by atoms with Crippen molar-refractivity contribution in [2.75, 3.05) is 4.90 Å². The highest BCUT2D eigenvalue weighted by Crippen LogP contribution is 2.47. The van der Waals surface area contributed by atoms with Crippen LogP contribution in [0.5, 0.6) is 0 Å². The number of amides is 1. The molecule has 0 saturated carbocycles. The maximum Gasteiger partial charge on any atom is 0.280 e. The Balaban J connectivity index is 1.45. The van der Waals surface area contributed by atoms with Crippen LogP contribution in [0.3, 0.4) is 0 Å². The van der Waals surface area contributed by atoms with Crippen LogP contribution in [0.4, 0.5) is 10.1 Å². The maximum absolute atomic E-state index is 14.4. The summed E-state index contributed by atoms with van der Waals surface area (Å²) in [5, 5.41) is 3.89. The summed E-state index contributed by atoms with van der Waals surface area (Å²) in [6.07, 6.45) is 0. The lowest BCUT2D eigenvalue weighted by Crippen LogP contribution is -2.28. The molecule has 0 saturated heterocycles. The molecule has 7 rings (SSSR count). The van der Waals surface area contributed by atoms with Gasteiger partial charge in [-0.1, -0.05) is 66.7 Å². The van der Waals surface area contributed by atoms with E-state index >= 15 is 0 Å². The molecular formula is C33H25FN4O2. The molecule has 3 heterocycles. The van der Waals surface area contributed by atoms with Crippen LogP contribution in [-0.4, -0.2) is 20.7 Å². The van der Waals surface area contributed by atoms with Crippen molar-refractivity contribution in [1.29, 1.82) is 0 Å². The first-order valence-electron chi connectivity index (χ1n) is 13.1. The van der Waals surface area contributed by atoms with Crippen molar-refractivity contribution in [3.8, 4) is 16.9 Å². The molecule has 1 amide bonds. The zero-order valence-electron chi connectivity index (χ0n) is 21.7. The van der Waals surface area contributed by atoms with Crippen LogP contribution < -0.4 is 10.5 Å². The quantitative estimate of drug-likeness (QED) is 0.270. The SMILES string of the molecule is Cc1[nH]n(-c2ccccc2)c(=O)c1-c1[nH]c2cc(F)ccc2c1C1C(=O)N(Cc2ccccc2)c2ccccc21. The average molecular weight is 529 g/mol. The van der Waals surface area contributed by atoms with Crippen LogP contribution in [0.25, 0.3) is 27.8 Å². The lowest BCUT2D eigenvalue weighted by Gasteiger charge is -2.18. The summed E-state index contributed by atoms with van der Waals surface area (Å²) in [5.74, 6) is -1.16. The van der Waals surface area contributed by atoms with E-state index in [-0.39, 0.29) is 11.5 Å². The van der Waals surface area contributed by atoms with Gasteiger partial charge in [0.25, 0.3) is 5.56 Å². The fraction of sp³-hybridized carbons (Fsp3) is 0.0909. The molecule has 2 aromatic heterocycles. The summed E-state index contributed by atoms with van der Waals surface area (Å²) < 4.78 is 15.9. The summed E-state index contributed by atoms with van der Waals surface area (Å²) in [7, 11) is 0. The number of H-pyrrole nitrogens is 2. The third-order valence-corrected chi connectivity index (χ3v) is 7.66. The van der Waals surface area contributed by atoms with E-state index in [1.807, 2.05) is 91.9 Å². The number of carbonyl (C=O) groups is 1. The molecule has 0 radical (unpaired) electrons. The summed E-state index contributed by atoms with van der Waals surface area (Å²) in [4.78, 5) is 33.3. The second-order valence-corrected chi connectivity index (χ2v) is 10.1. The van der Waals surface area contributed by atoms with Crippen molar-refractivity contribution >= 4 is 22.5 Å². The number of hydrogen-bond acceptors (Lipinski definition) is 2. The first kappa shape index (κ1) is 23.9. The fourth-order valence-corrected chi connectivity index (χ4v) is 5.88. The Morgan fingerprint density at radius 3 is 2.33 bits per heavy atom. The number of para-hydroxylation sites is 2. The van der Waals surface area contributed by atoms with Crippen molar-refractivity contribution in [3.05, 3.63) is 142 Å². The van der Waals surface area contributed by atoms with E-state index in [1.165, 1.54) is 16.8 Å². The van der Waals surface area contributed by atoms with Crippen molar-refractivity contribution in [2.45, 2.75) is 19.4 Å². The van der Waals surface area contributed by atoms with Crippen molar-refractivity contribution in [3.63, 3.8) is 0 Å². The van der Waals surface area contributed by atoms with Gasteiger partial charge in [0, 0.05) is 27.8 Å². The minimum atomic E-state index is -0.673. The molecule has 1 aliphatic rings. The molecule has 0 fully saturated rings. The zero-order valence-corrected chi connectivity index (χ0v) is 21.7. The highest BCUT2D eigenvalue weighted by atomic mass is 19.1. The Bertz CT molecular complexity index is 1950.